The van der Waals surface area contributed by atoms with Crippen LogP contribution >= 0.6 is 0 Å². The van der Waals surface area contributed by atoms with Crippen molar-refractivity contribution >= 4 is 0 Å². The van der Waals surface area contributed by atoms with Crippen LogP contribution in [-0.4, -0.2) is 55.6 Å². The standard InChI is InChI=1S/C22H23F3N2O6/c1-29-14-32-11-9-30-8-10-31-13-15-2-4-16(5-3-15)20-26-21(33-27-20)17-6-7-19(28)18(12-17)22(23,24)25/h2-7,12,28H,8-11,13-14H2,1H3. The maximum Gasteiger partial charge on any atom is 0.419 e. The Morgan fingerprint density at radius 3 is 2.27 bits per heavy atom. The summed E-state index contributed by atoms with van der Waals surface area (Å²) in [4.78, 5) is 4.16. The van der Waals surface area contributed by atoms with E-state index in [9.17, 15) is 18.3 Å². The van der Waals surface area contributed by atoms with Gasteiger partial charge in [0, 0.05) is 18.2 Å². The van der Waals surface area contributed by atoms with Crippen molar-refractivity contribution in [2.45, 2.75) is 12.8 Å². The maximum atomic E-state index is 13.0. The summed E-state index contributed by atoms with van der Waals surface area (Å²) < 4.78 is 64.9. The summed E-state index contributed by atoms with van der Waals surface area (Å²) in [5.74, 6) is -0.731. The van der Waals surface area contributed by atoms with Crippen molar-refractivity contribution in [1.29, 1.82) is 0 Å². The molecule has 0 unspecified atom stereocenters. The SMILES string of the molecule is COCOCCOCCOCc1ccc(-c2noc(-c3ccc(O)c(C(F)(F)F)c3)n2)cc1. The van der Waals surface area contributed by atoms with Gasteiger partial charge < -0.3 is 28.6 Å². The molecule has 0 spiro atoms. The topological polar surface area (TPSA) is 96.1 Å². The van der Waals surface area contributed by atoms with Crippen molar-refractivity contribution in [3.05, 3.63) is 53.6 Å². The summed E-state index contributed by atoms with van der Waals surface area (Å²) in [6.07, 6.45) is -4.70. The molecule has 0 atom stereocenters. The number of hydrogen-bond acceptors (Lipinski definition) is 8. The van der Waals surface area contributed by atoms with Crippen LogP contribution in [0.5, 0.6) is 5.75 Å². The lowest BCUT2D eigenvalue weighted by Gasteiger charge is -2.09. The minimum absolute atomic E-state index is 0.0522. The number of phenols is 1. The monoisotopic (exact) mass is 468 g/mol. The van der Waals surface area contributed by atoms with Gasteiger partial charge in [-0.2, -0.15) is 18.2 Å². The molecule has 0 aliphatic rings. The Morgan fingerprint density at radius 2 is 1.58 bits per heavy atom. The molecule has 2 aromatic carbocycles. The molecular formula is C22H23F3N2O6. The van der Waals surface area contributed by atoms with E-state index in [1.54, 1.807) is 19.2 Å². The second kappa shape index (κ2) is 11.8. The zero-order valence-corrected chi connectivity index (χ0v) is 17.8. The molecule has 8 nitrogen and oxygen atoms in total. The molecule has 33 heavy (non-hydrogen) atoms. The highest BCUT2D eigenvalue weighted by molar-refractivity contribution is 5.62. The quantitative estimate of drug-likeness (QED) is 0.311. The van der Waals surface area contributed by atoms with Gasteiger partial charge in [0.15, 0.2) is 0 Å². The highest BCUT2D eigenvalue weighted by Crippen LogP contribution is 2.38. The van der Waals surface area contributed by atoms with Crippen LogP contribution in [0.15, 0.2) is 47.0 Å². The van der Waals surface area contributed by atoms with Crippen LogP contribution in [0.3, 0.4) is 0 Å². The van der Waals surface area contributed by atoms with Gasteiger partial charge in [0.1, 0.15) is 12.5 Å². The van der Waals surface area contributed by atoms with Gasteiger partial charge in [-0.05, 0) is 23.8 Å². The van der Waals surface area contributed by atoms with Crippen LogP contribution < -0.4 is 0 Å². The fraction of sp³-hybridized carbons (Fsp3) is 0.364. The van der Waals surface area contributed by atoms with E-state index in [2.05, 4.69) is 10.1 Å². The summed E-state index contributed by atoms with van der Waals surface area (Å²) in [5.41, 5.74) is 0.424. The molecule has 0 bridgehead atoms. The first kappa shape index (κ1) is 24.6. The molecule has 11 heteroatoms. The summed E-state index contributed by atoms with van der Waals surface area (Å²) in [5, 5.41) is 13.3. The highest BCUT2D eigenvalue weighted by Gasteiger charge is 2.34. The van der Waals surface area contributed by atoms with Crippen LogP contribution in [-0.2, 0) is 31.7 Å². The van der Waals surface area contributed by atoms with Crippen LogP contribution in [0, 0.1) is 0 Å². The first-order valence-corrected chi connectivity index (χ1v) is 9.94. The predicted molar refractivity (Wildman–Crippen MR) is 110 cm³/mol. The number of halogens is 3. The smallest absolute Gasteiger partial charge is 0.419 e. The minimum atomic E-state index is -4.70. The molecule has 3 aromatic rings. The number of aromatic hydroxyl groups is 1. The molecule has 0 amide bonds. The lowest BCUT2D eigenvalue weighted by Crippen LogP contribution is -2.10. The number of nitrogens with zero attached hydrogens (tertiary/aromatic N) is 2. The van der Waals surface area contributed by atoms with Gasteiger partial charge in [-0.1, -0.05) is 29.4 Å². The van der Waals surface area contributed by atoms with Crippen molar-refractivity contribution in [1.82, 2.24) is 10.1 Å². The summed E-state index contributed by atoms with van der Waals surface area (Å²) in [6.45, 7) is 2.38. The molecule has 0 saturated carbocycles. The highest BCUT2D eigenvalue weighted by atomic mass is 19.4. The Bertz CT molecular complexity index is 1010. The Balaban J connectivity index is 1.51. The number of benzene rings is 2. The second-order valence-corrected chi connectivity index (χ2v) is 6.83. The van der Waals surface area contributed by atoms with Crippen LogP contribution in [0.25, 0.3) is 22.8 Å². The number of hydrogen-bond donors (Lipinski definition) is 1. The largest absolute Gasteiger partial charge is 0.507 e. The van der Waals surface area contributed by atoms with Crippen molar-refractivity contribution in [2.24, 2.45) is 0 Å². The number of ether oxygens (including phenoxy) is 4. The Kier molecular flexibility index (Phi) is 8.78. The Morgan fingerprint density at radius 1 is 0.909 bits per heavy atom. The molecule has 1 heterocycles. The number of rotatable bonds is 12. The molecule has 178 valence electrons. The van der Waals surface area contributed by atoms with E-state index in [0.717, 1.165) is 17.7 Å². The summed E-state index contributed by atoms with van der Waals surface area (Å²) >= 11 is 0. The lowest BCUT2D eigenvalue weighted by atomic mass is 10.1. The molecular weight excluding hydrogens is 445 g/mol. The van der Waals surface area contributed by atoms with E-state index < -0.39 is 17.5 Å². The average molecular weight is 468 g/mol. The van der Waals surface area contributed by atoms with Gasteiger partial charge >= 0.3 is 6.18 Å². The van der Waals surface area contributed by atoms with Crippen molar-refractivity contribution < 1.29 is 41.7 Å². The van der Waals surface area contributed by atoms with E-state index >= 15 is 0 Å². The van der Waals surface area contributed by atoms with Crippen molar-refractivity contribution in [3.63, 3.8) is 0 Å². The van der Waals surface area contributed by atoms with Crippen molar-refractivity contribution in [2.75, 3.05) is 40.3 Å². The molecule has 0 radical (unpaired) electrons. The molecule has 1 aromatic heterocycles. The fourth-order valence-corrected chi connectivity index (χ4v) is 2.77. The van der Waals surface area contributed by atoms with Gasteiger partial charge in [0.25, 0.3) is 5.89 Å². The minimum Gasteiger partial charge on any atom is -0.507 e. The molecule has 3 rings (SSSR count). The lowest BCUT2D eigenvalue weighted by molar-refractivity contribution is -0.138. The number of phenolic OH excluding ortho intramolecular Hbond substituents is 1. The third-order valence-corrected chi connectivity index (χ3v) is 4.40. The van der Waals surface area contributed by atoms with Crippen LogP contribution in [0.1, 0.15) is 11.1 Å². The Labute approximate surface area is 187 Å². The molecule has 0 aliphatic heterocycles. The van der Waals surface area contributed by atoms with E-state index in [4.69, 9.17) is 23.5 Å². The number of methoxy groups -OCH3 is 1. The van der Waals surface area contributed by atoms with E-state index in [1.165, 1.54) is 6.07 Å². The van der Waals surface area contributed by atoms with Gasteiger partial charge in [-0.3, -0.25) is 0 Å². The third kappa shape index (κ3) is 7.26. The van der Waals surface area contributed by atoms with Gasteiger partial charge in [0.05, 0.1) is 38.6 Å². The first-order chi connectivity index (χ1) is 15.9. The fourth-order valence-electron chi connectivity index (χ4n) is 2.77. The predicted octanol–water partition coefficient (Wildman–Crippen LogP) is 4.28. The van der Waals surface area contributed by atoms with E-state index in [-0.39, 0.29) is 24.1 Å². The molecule has 1 N–H and O–H groups in total. The summed E-state index contributed by atoms with van der Waals surface area (Å²) in [7, 11) is 1.55. The number of alkyl halides is 3. The zero-order chi connectivity index (χ0) is 23.7. The van der Waals surface area contributed by atoms with Crippen LogP contribution in [0.2, 0.25) is 0 Å². The normalized spacial score (nSPS) is 11.8. The first-order valence-electron chi connectivity index (χ1n) is 9.94. The van der Waals surface area contributed by atoms with E-state index in [1.807, 2.05) is 12.1 Å². The average Bonchev–Trinajstić information content (AvgIpc) is 3.28. The molecule has 0 fully saturated rings. The second-order valence-electron chi connectivity index (χ2n) is 6.83. The van der Waals surface area contributed by atoms with E-state index in [0.29, 0.717) is 38.6 Å². The van der Waals surface area contributed by atoms with Gasteiger partial charge in [-0.25, -0.2) is 0 Å². The molecule has 0 aliphatic carbocycles. The zero-order valence-electron chi connectivity index (χ0n) is 17.8. The third-order valence-electron chi connectivity index (χ3n) is 4.40. The van der Waals surface area contributed by atoms with Gasteiger partial charge in [0.2, 0.25) is 5.82 Å². The summed E-state index contributed by atoms with van der Waals surface area (Å²) in [6, 6.07) is 10.2. The number of aromatic nitrogens is 2. The molecule has 0 saturated heterocycles. The van der Waals surface area contributed by atoms with Gasteiger partial charge in [-0.15, -0.1) is 0 Å². The van der Waals surface area contributed by atoms with Crippen molar-refractivity contribution in [3.8, 4) is 28.6 Å². The Hall–Kier alpha value is -2.99. The van der Waals surface area contributed by atoms with Crippen LogP contribution in [0.4, 0.5) is 13.2 Å². The maximum absolute atomic E-state index is 13.0.